The molecule has 0 aliphatic rings. The van der Waals surface area contributed by atoms with E-state index in [-0.39, 0.29) is 11.4 Å². The van der Waals surface area contributed by atoms with Crippen molar-refractivity contribution in [3.63, 3.8) is 0 Å². The molecule has 0 fully saturated rings. The van der Waals surface area contributed by atoms with Gasteiger partial charge in [-0.05, 0) is 50.4 Å². The number of hydrogen-bond donors (Lipinski definition) is 2. The first-order valence-electron chi connectivity index (χ1n) is 6.94. The van der Waals surface area contributed by atoms with E-state index in [4.69, 9.17) is 0 Å². The standard InChI is InChI=1S/C15H22FN3/c1-4-15(3,5-2)17-7-6-11-8-12(16)9-14-13(11)10-18-19-14/h8-10,17H,4-7H2,1-3H3,(H,18,19). The minimum atomic E-state index is -0.208. The number of H-pyrrole nitrogens is 1. The van der Waals surface area contributed by atoms with Crippen LogP contribution in [0.1, 0.15) is 39.2 Å². The van der Waals surface area contributed by atoms with Crippen molar-refractivity contribution in [3.8, 4) is 0 Å². The van der Waals surface area contributed by atoms with Gasteiger partial charge < -0.3 is 5.32 Å². The van der Waals surface area contributed by atoms with E-state index in [0.29, 0.717) is 0 Å². The summed E-state index contributed by atoms with van der Waals surface area (Å²) in [6.07, 6.45) is 4.76. The van der Waals surface area contributed by atoms with E-state index < -0.39 is 0 Å². The highest BCUT2D eigenvalue weighted by Gasteiger charge is 2.18. The van der Waals surface area contributed by atoms with Crippen LogP contribution in [0.25, 0.3) is 10.9 Å². The molecule has 0 spiro atoms. The van der Waals surface area contributed by atoms with E-state index in [1.165, 1.54) is 6.07 Å². The quantitative estimate of drug-likeness (QED) is 0.838. The lowest BCUT2D eigenvalue weighted by Crippen LogP contribution is -2.42. The second-order valence-electron chi connectivity index (χ2n) is 5.34. The number of hydrogen-bond acceptors (Lipinski definition) is 2. The van der Waals surface area contributed by atoms with Crippen LogP contribution in [0.15, 0.2) is 18.3 Å². The van der Waals surface area contributed by atoms with E-state index in [0.717, 1.165) is 42.3 Å². The molecule has 2 aromatic rings. The number of nitrogens with zero attached hydrogens (tertiary/aromatic N) is 1. The van der Waals surface area contributed by atoms with Crippen molar-refractivity contribution in [1.29, 1.82) is 0 Å². The van der Waals surface area contributed by atoms with Crippen molar-refractivity contribution >= 4 is 10.9 Å². The van der Waals surface area contributed by atoms with Gasteiger partial charge in [0.25, 0.3) is 0 Å². The summed E-state index contributed by atoms with van der Waals surface area (Å²) in [4.78, 5) is 0. The number of fused-ring (bicyclic) bond motifs is 1. The van der Waals surface area contributed by atoms with Gasteiger partial charge in [-0.25, -0.2) is 4.39 Å². The first kappa shape index (κ1) is 14.0. The molecule has 1 aromatic carbocycles. The second kappa shape index (κ2) is 5.70. The van der Waals surface area contributed by atoms with Gasteiger partial charge in [-0.1, -0.05) is 13.8 Å². The molecule has 0 amide bonds. The van der Waals surface area contributed by atoms with Gasteiger partial charge in [-0.15, -0.1) is 0 Å². The fourth-order valence-corrected chi connectivity index (χ4v) is 2.29. The number of rotatable bonds is 6. The van der Waals surface area contributed by atoms with Crippen molar-refractivity contribution in [2.45, 2.75) is 45.6 Å². The molecule has 0 unspecified atom stereocenters. The molecule has 0 aliphatic carbocycles. The maximum Gasteiger partial charge on any atom is 0.125 e. The molecular weight excluding hydrogens is 241 g/mol. The van der Waals surface area contributed by atoms with Crippen LogP contribution in [-0.4, -0.2) is 22.3 Å². The van der Waals surface area contributed by atoms with Crippen LogP contribution >= 0.6 is 0 Å². The summed E-state index contributed by atoms with van der Waals surface area (Å²) < 4.78 is 13.5. The Morgan fingerprint density at radius 3 is 2.74 bits per heavy atom. The Morgan fingerprint density at radius 2 is 2.05 bits per heavy atom. The average Bonchev–Trinajstić information content (AvgIpc) is 2.86. The Balaban J connectivity index is 2.07. The van der Waals surface area contributed by atoms with Crippen molar-refractivity contribution in [3.05, 3.63) is 29.7 Å². The highest BCUT2D eigenvalue weighted by molar-refractivity contribution is 5.81. The first-order valence-corrected chi connectivity index (χ1v) is 6.94. The zero-order valence-corrected chi connectivity index (χ0v) is 11.9. The molecule has 19 heavy (non-hydrogen) atoms. The van der Waals surface area contributed by atoms with Crippen LogP contribution in [0, 0.1) is 5.82 Å². The Morgan fingerprint density at radius 1 is 1.32 bits per heavy atom. The van der Waals surface area contributed by atoms with Crippen LogP contribution in [0.4, 0.5) is 4.39 Å². The Kier molecular flexibility index (Phi) is 4.20. The monoisotopic (exact) mass is 263 g/mol. The van der Waals surface area contributed by atoms with Crippen molar-refractivity contribution in [1.82, 2.24) is 15.5 Å². The molecule has 0 radical (unpaired) electrons. The van der Waals surface area contributed by atoms with Gasteiger partial charge in [0.05, 0.1) is 11.7 Å². The molecule has 4 heteroatoms. The molecule has 2 rings (SSSR count). The van der Waals surface area contributed by atoms with Crippen molar-refractivity contribution in [2.24, 2.45) is 0 Å². The molecule has 2 N–H and O–H groups in total. The Labute approximate surface area is 113 Å². The summed E-state index contributed by atoms with van der Waals surface area (Å²) in [6, 6.07) is 3.09. The number of nitrogens with one attached hydrogen (secondary N) is 2. The minimum absolute atomic E-state index is 0.169. The summed E-state index contributed by atoms with van der Waals surface area (Å²) >= 11 is 0. The lowest BCUT2D eigenvalue weighted by atomic mass is 9.95. The summed E-state index contributed by atoms with van der Waals surface area (Å²) in [5, 5.41) is 11.4. The second-order valence-corrected chi connectivity index (χ2v) is 5.34. The zero-order valence-electron chi connectivity index (χ0n) is 11.9. The third kappa shape index (κ3) is 3.13. The van der Waals surface area contributed by atoms with Crippen LogP contribution < -0.4 is 5.32 Å². The van der Waals surface area contributed by atoms with Gasteiger partial charge in [0, 0.05) is 10.9 Å². The van der Waals surface area contributed by atoms with Crippen LogP contribution in [0.2, 0.25) is 0 Å². The first-order chi connectivity index (χ1) is 9.08. The molecule has 0 bridgehead atoms. The normalized spacial score (nSPS) is 12.2. The summed E-state index contributed by atoms with van der Waals surface area (Å²) in [7, 11) is 0. The van der Waals surface area contributed by atoms with Gasteiger partial charge in [-0.2, -0.15) is 5.10 Å². The molecule has 0 atom stereocenters. The van der Waals surface area contributed by atoms with Crippen LogP contribution in [0.5, 0.6) is 0 Å². The van der Waals surface area contributed by atoms with Crippen LogP contribution in [-0.2, 0) is 6.42 Å². The third-order valence-electron chi connectivity index (χ3n) is 4.12. The van der Waals surface area contributed by atoms with E-state index in [9.17, 15) is 4.39 Å². The lowest BCUT2D eigenvalue weighted by molar-refractivity contribution is 0.334. The summed E-state index contributed by atoms with van der Waals surface area (Å²) in [5.74, 6) is -0.208. The molecular formula is C15H22FN3. The molecule has 0 saturated carbocycles. The van der Waals surface area contributed by atoms with E-state index in [1.54, 1.807) is 12.3 Å². The summed E-state index contributed by atoms with van der Waals surface area (Å²) in [5.41, 5.74) is 1.94. The molecule has 1 aromatic heterocycles. The van der Waals surface area contributed by atoms with Crippen LogP contribution in [0.3, 0.4) is 0 Å². The zero-order chi connectivity index (χ0) is 13.9. The van der Waals surface area contributed by atoms with Gasteiger partial charge in [0.2, 0.25) is 0 Å². The van der Waals surface area contributed by atoms with Gasteiger partial charge in [0.1, 0.15) is 5.82 Å². The van der Waals surface area contributed by atoms with Gasteiger partial charge >= 0.3 is 0 Å². The van der Waals surface area contributed by atoms with E-state index in [2.05, 4.69) is 36.3 Å². The smallest absolute Gasteiger partial charge is 0.125 e. The van der Waals surface area contributed by atoms with Gasteiger partial charge in [0.15, 0.2) is 0 Å². The molecule has 0 aliphatic heterocycles. The fraction of sp³-hybridized carbons (Fsp3) is 0.533. The lowest BCUT2D eigenvalue weighted by Gasteiger charge is -2.28. The number of aromatic nitrogens is 2. The highest BCUT2D eigenvalue weighted by Crippen LogP contribution is 2.19. The van der Waals surface area contributed by atoms with Crippen molar-refractivity contribution < 1.29 is 4.39 Å². The SMILES string of the molecule is CCC(C)(CC)NCCc1cc(F)cc2[nH]ncc12. The number of benzene rings is 1. The maximum absolute atomic E-state index is 13.5. The largest absolute Gasteiger partial charge is 0.311 e. The molecule has 0 saturated heterocycles. The minimum Gasteiger partial charge on any atom is -0.311 e. The van der Waals surface area contributed by atoms with E-state index in [1.807, 2.05) is 0 Å². The predicted octanol–water partition coefficient (Wildman–Crippen LogP) is 3.41. The average molecular weight is 263 g/mol. The van der Waals surface area contributed by atoms with Crippen molar-refractivity contribution in [2.75, 3.05) is 6.54 Å². The molecule has 104 valence electrons. The molecule has 1 heterocycles. The maximum atomic E-state index is 13.5. The van der Waals surface area contributed by atoms with Gasteiger partial charge in [-0.3, -0.25) is 5.10 Å². The Bertz CT molecular complexity index is 543. The molecule has 3 nitrogen and oxygen atoms in total. The fourth-order valence-electron chi connectivity index (χ4n) is 2.29. The number of halogens is 1. The predicted molar refractivity (Wildman–Crippen MR) is 76.7 cm³/mol. The third-order valence-corrected chi connectivity index (χ3v) is 4.12. The topological polar surface area (TPSA) is 40.7 Å². The van der Waals surface area contributed by atoms with E-state index >= 15 is 0 Å². The highest BCUT2D eigenvalue weighted by atomic mass is 19.1. The Hall–Kier alpha value is -1.42. The summed E-state index contributed by atoms with van der Waals surface area (Å²) in [6.45, 7) is 7.45. The number of aromatic amines is 1.